The van der Waals surface area contributed by atoms with Crippen LogP contribution in [0.5, 0.6) is 0 Å². The molecule has 5 nitrogen and oxygen atoms in total. The van der Waals surface area contributed by atoms with Gasteiger partial charge in [0.25, 0.3) is 5.91 Å². The first-order valence-corrected chi connectivity index (χ1v) is 7.33. The van der Waals surface area contributed by atoms with Crippen LogP contribution in [0.1, 0.15) is 10.4 Å². The molecule has 1 rings (SSSR count). The second-order valence-electron chi connectivity index (χ2n) is 3.46. The molecule has 0 fully saturated rings. The molecule has 1 aromatic rings. The second-order valence-corrected chi connectivity index (χ2v) is 6.44. The number of amides is 1. The van der Waals surface area contributed by atoms with Crippen LogP contribution in [0, 0.1) is 0 Å². The van der Waals surface area contributed by atoms with Crippen LogP contribution in [0.3, 0.4) is 0 Å². The fourth-order valence-electron chi connectivity index (χ4n) is 1.06. The molecule has 1 heterocycles. The molecule has 0 aromatic carbocycles. The van der Waals surface area contributed by atoms with E-state index in [-0.39, 0.29) is 18.2 Å². The van der Waals surface area contributed by atoms with E-state index in [1.165, 1.54) is 17.2 Å². The molecule has 90 valence electrons. The fourth-order valence-corrected chi connectivity index (χ4v) is 2.07. The Kier molecular flexibility index (Phi) is 4.15. The van der Waals surface area contributed by atoms with Gasteiger partial charge in [0.1, 0.15) is 9.84 Å². The molecule has 1 amide bonds. The molecule has 0 N–H and O–H groups in total. The molecule has 0 unspecified atom stereocenters. The molecule has 0 saturated heterocycles. The summed E-state index contributed by atoms with van der Waals surface area (Å²) in [5, 5.41) is 0. The molecule has 0 bridgehead atoms. The van der Waals surface area contributed by atoms with Crippen molar-refractivity contribution in [3.63, 3.8) is 0 Å². The quantitative estimate of drug-likeness (QED) is 0.837. The van der Waals surface area contributed by atoms with Gasteiger partial charge in [0.15, 0.2) is 4.67 Å². The number of furan rings is 1. The fraction of sp³-hybridized carbons (Fsp3) is 0.444. The predicted molar refractivity (Wildman–Crippen MR) is 63.1 cm³/mol. The Bertz CT molecular complexity index is 479. The maximum Gasteiger partial charge on any atom is 0.258 e. The van der Waals surface area contributed by atoms with Crippen molar-refractivity contribution in [1.82, 2.24) is 4.90 Å². The molecule has 0 spiro atoms. The minimum Gasteiger partial charge on any atom is -0.457 e. The van der Waals surface area contributed by atoms with E-state index in [1.807, 2.05) is 0 Å². The average molecular weight is 310 g/mol. The van der Waals surface area contributed by atoms with E-state index in [9.17, 15) is 13.2 Å². The van der Waals surface area contributed by atoms with Gasteiger partial charge in [-0.15, -0.1) is 0 Å². The second kappa shape index (κ2) is 5.01. The number of sulfone groups is 1. The molecule has 0 atom stereocenters. The number of hydrogen-bond acceptors (Lipinski definition) is 4. The number of nitrogens with zero attached hydrogens (tertiary/aromatic N) is 1. The van der Waals surface area contributed by atoms with Crippen LogP contribution in [-0.4, -0.2) is 44.8 Å². The van der Waals surface area contributed by atoms with Crippen LogP contribution >= 0.6 is 15.9 Å². The number of hydrogen-bond donors (Lipinski definition) is 0. The van der Waals surface area contributed by atoms with Crippen molar-refractivity contribution in [2.75, 3.05) is 25.6 Å². The molecule has 1 aromatic heterocycles. The van der Waals surface area contributed by atoms with Crippen LogP contribution in [0.4, 0.5) is 0 Å². The minimum atomic E-state index is -3.06. The van der Waals surface area contributed by atoms with Gasteiger partial charge in [-0.2, -0.15) is 0 Å². The Balaban J connectivity index is 2.66. The molecule has 16 heavy (non-hydrogen) atoms. The monoisotopic (exact) mass is 309 g/mol. The van der Waals surface area contributed by atoms with E-state index < -0.39 is 9.84 Å². The number of carbonyl (C=O) groups excluding carboxylic acids is 1. The molecular formula is C9H12BrNO4S. The minimum absolute atomic E-state index is 0.0509. The largest absolute Gasteiger partial charge is 0.457 e. The van der Waals surface area contributed by atoms with Gasteiger partial charge in [0.05, 0.1) is 17.6 Å². The Morgan fingerprint density at radius 2 is 2.19 bits per heavy atom. The maximum absolute atomic E-state index is 11.8. The lowest BCUT2D eigenvalue weighted by molar-refractivity contribution is 0.0801. The molecule has 7 heteroatoms. The third-order valence-electron chi connectivity index (χ3n) is 1.99. The predicted octanol–water partition coefficient (Wildman–Crippen LogP) is 1.16. The molecule has 0 radical (unpaired) electrons. The summed E-state index contributed by atoms with van der Waals surface area (Å²) in [6.45, 7) is 0.162. The van der Waals surface area contributed by atoms with E-state index in [0.717, 1.165) is 6.26 Å². The number of rotatable bonds is 4. The Morgan fingerprint density at radius 3 is 2.62 bits per heavy atom. The van der Waals surface area contributed by atoms with Gasteiger partial charge in [0, 0.05) is 19.8 Å². The Hall–Kier alpha value is -0.820. The van der Waals surface area contributed by atoms with E-state index in [2.05, 4.69) is 15.9 Å². The summed E-state index contributed by atoms with van der Waals surface area (Å²) in [5.41, 5.74) is 0.385. The first-order chi connectivity index (χ1) is 7.31. The highest BCUT2D eigenvalue weighted by Crippen LogP contribution is 2.18. The number of carbonyl (C=O) groups is 1. The molecule has 0 aliphatic rings. The van der Waals surface area contributed by atoms with Gasteiger partial charge in [-0.3, -0.25) is 4.79 Å². The van der Waals surface area contributed by atoms with E-state index in [1.54, 1.807) is 7.05 Å². The molecule has 0 saturated carbocycles. The lowest BCUT2D eigenvalue weighted by Gasteiger charge is -2.15. The topological polar surface area (TPSA) is 67.6 Å². The average Bonchev–Trinajstić information content (AvgIpc) is 2.58. The smallest absolute Gasteiger partial charge is 0.258 e. The zero-order valence-electron chi connectivity index (χ0n) is 8.94. The summed E-state index contributed by atoms with van der Waals surface area (Å²) in [6, 6.07) is 1.53. The van der Waals surface area contributed by atoms with Crippen molar-refractivity contribution < 1.29 is 17.6 Å². The first kappa shape index (κ1) is 13.2. The number of halogens is 1. The highest BCUT2D eigenvalue weighted by molar-refractivity contribution is 9.10. The van der Waals surface area contributed by atoms with Crippen molar-refractivity contribution in [2.24, 2.45) is 0 Å². The van der Waals surface area contributed by atoms with Crippen molar-refractivity contribution in [3.8, 4) is 0 Å². The normalized spacial score (nSPS) is 11.4. The third kappa shape index (κ3) is 3.64. The van der Waals surface area contributed by atoms with Gasteiger partial charge in [0.2, 0.25) is 0 Å². The van der Waals surface area contributed by atoms with Gasteiger partial charge >= 0.3 is 0 Å². The standard InChI is InChI=1S/C9H12BrNO4S/c1-11(4-6-16(2,13)14)9(12)7-3-5-15-8(7)10/h3,5H,4,6H2,1-2H3. The van der Waals surface area contributed by atoms with Gasteiger partial charge in [-0.1, -0.05) is 0 Å². The zero-order chi connectivity index (χ0) is 12.3. The van der Waals surface area contributed by atoms with Crippen molar-refractivity contribution >= 4 is 31.7 Å². The first-order valence-electron chi connectivity index (χ1n) is 4.47. The lowest BCUT2D eigenvalue weighted by atomic mass is 10.3. The van der Waals surface area contributed by atoms with Crippen LogP contribution in [-0.2, 0) is 9.84 Å². The summed E-state index contributed by atoms with van der Waals surface area (Å²) in [6.07, 6.45) is 2.53. The SMILES string of the molecule is CN(CCS(C)(=O)=O)C(=O)c1ccoc1Br. The summed E-state index contributed by atoms with van der Waals surface area (Å²) < 4.78 is 27.2. The van der Waals surface area contributed by atoms with Crippen molar-refractivity contribution in [2.45, 2.75) is 0 Å². The molecule has 0 aliphatic heterocycles. The summed E-state index contributed by atoms with van der Waals surface area (Å²) in [7, 11) is -1.51. The van der Waals surface area contributed by atoms with Gasteiger partial charge in [-0.05, 0) is 22.0 Å². The summed E-state index contributed by atoms with van der Waals surface area (Å²) in [4.78, 5) is 13.1. The zero-order valence-corrected chi connectivity index (χ0v) is 11.3. The van der Waals surface area contributed by atoms with Crippen molar-refractivity contribution in [1.29, 1.82) is 0 Å². The molecular weight excluding hydrogens is 298 g/mol. The summed E-state index contributed by atoms with van der Waals surface area (Å²) in [5.74, 6) is -0.325. The van der Waals surface area contributed by atoms with Crippen LogP contribution in [0.15, 0.2) is 21.4 Å². The van der Waals surface area contributed by atoms with Gasteiger partial charge < -0.3 is 9.32 Å². The maximum atomic E-state index is 11.8. The lowest BCUT2D eigenvalue weighted by Crippen LogP contribution is -2.31. The third-order valence-corrected chi connectivity index (χ3v) is 3.53. The van der Waals surface area contributed by atoms with Crippen LogP contribution in [0.2, 0.25) is 0 Å². The highest BCUT2D eigenvalue weighted by atomic mass is 79.9. The van der Waals surface area contributed by atoms with E-state index >= 15 is 0 Å². The van der Waals surface area contributed by atoms with Gasteiger partial charge in [-0.25, -0.2) is 8.42 Å². The van der Waals surface area contributed by atoms with Crippen LogP contribution < -0.4 is 0 Å². The summed E-state index contributed by atoms with van der Waals surface area (Å²) >= 11 is 3.09. The van der Waals surface area contributed by atoms with Crippen molar-refractivity contribution in [3.05, 3.63) is 22.6 Å². The Morgan fingerprint density at radius 1 is 1.56 bits per heavy atom. The Labute approximate surface area is 102 Å². The highest BCUT2D eigenvalue weighted by Gasteiger charge is 2.17. The molecule has 0 aliphatic carbocycles. The van der Waals surface area contributed by atoms with E-state index in [0.29, 0.717) is 10.2 Å². The van der Waals surface area contributed by atoms with Crippen LogP contribution in [0.25, 0.3) is 0 Å². The van der Waals surface area contributed by atoms with E-state index in [4.69, 9.17) is 4.42 Å².